The zero-order chi connectivity index (χ0) is 13.2. The lowest BCUT2D eigenvalue weighted by molar-refractivity contribution is 0.139. The molecule has 0 aliphatic heterocycles. The number of nitrogens with one attached hydrogen (secondary N) is 1. The first kappa shape index (κ1) is 15.2. The largest absolute Gasteiger partial charge is 0.382 e. The summed E-state index contributed by atoms with van der Waals surface area (Å²) in [6, 6.07) is 8.84. The molecule has 0 spiro atoms. The third-order valence-corrected chi connectivity index (χ3v) is 3.15. The minimum absolute atomic E-state index is 0.558. The number of benzene rings is 1. The number of hydrogen-bond acceptors (Lipinski definition) is 2. The maximum absolute atomic E-state index is 5.49. The van der Waals surface area contributed by atoms with Crippen LogP contribution >= 0.6 is 0 Å². The summed E-state index contributed by atoms with van der Waals surface area (Å²) in [6.07, 6.45) is 2.28. The van der Waals surface area contributed by atoms with Crippen LogP contribution in [0.1, 0.15) is 43.7 Å². The molecular weight excluding hydrogens is 222 g/mol. The second kappa shape index (κ2) is 9.12. The average Bonchev–Trinajstić information content (AvgIpc) is 2.37. The van der Waals surface area contributed by atoms with E-state index in [1.54, 1.807) is 0 Å². The molecule has 1 unspecified atom stereocenters. The van der Waals surface area contributed by atoms with Gasteiger partial charge < -0.3 is 10.1 Å². The zero-order valence-electron chi connectivity index (χ0n) is 12.0. The van der Waals surface area contributed by atoms with Gasteiger partial charge in [0.25, 0.3) is 0 Å². The summed E-state index contributed by atoms with van der Waals surface area (Å²) in [7, 11) is 0. The van der Waals surface area contributed by atoms with Gasteiger partial charge in [0.15, 0.2) is 0 Å². The van der Waals surface area contributed by atoms with E-state index in [0.29, 0.717) is 5.92 Å². The van der Waals surface area contributed by atoms with Crippen molar-refractivity contribution in [2.45, 2.75) is 39.5 Å². The highest BCUT2D eigenvalue weighted by Crippen LogP contribution is 2.20. The van der Waals surface area contributed by atoms with Gasteiger partial charge >= 0.3 is 0 Å². The van der Waals surface area contributed by atoms with E-state index in [1.165, 1.54) is 17.5 Å². The van der Waals surface area contributed by atoms with Gasteiger partial charge in [-0.1, -0.05) is 36.8 Å². The Hall–Kier alpha value is -0.860. The van der Waals surface area contributed by atoms with E-state index < -0.39 is 0 Å². The summed E-state index contributed by atoms with van der Waals surface area (Å²) < 4.78 is 5.49. The van der Waals surface area contributed by atoms with Gasteiger partial charge in [-0.2, -0.15) is 0 Å². The molecule has 1 N–H and O–H groups in total. The maximum Gasteiger partial charge on any atom is 0.0472 e. The summed E-state index contributed by atoms with van der Waals surface area (Å²) >= 11 is 0. The van der Waals surface area contributed by atoms with Crippen LogP contribution in [0.4, 0.5) is 0 Å². The molecule has 1 atom stereocenters. The topological polar surface area (TPSA) is 21.3 Å². The van der Waals surface area contributed by atoms with Gasteiger partial charge in [0.1, 0.15) is 0 Å². The van der Waals surface area contributed by atoms with Crippen LogP contribution in [-0.4, -0.2) is 26.3 Å². The van der Waals surface area contributed by atoms with Crippen molar-refractivity contribution in [1.82, 2.24) is 5.32 Å². The number of rotatable bonds is 9. The van der Waals surface area contributed by atoms with Crippen molar-refractivity contribution in [3.05, 3.63) is 35.4 Å². The Morgan fingerprint density at radius 3 is 2.78 bits per heavy atom. The Labute approximate surface area is 112 Å². The highest BCUT2D eigenvalue weighted by Gasteiger charge is 2.11. The van der Waals surface area contributed by atoms with E-state index in [2.05, 4.69) is 50.4 Å². The average molecular weight is 249 g/mol. The first-order valence-electron chi connectivity index (χ1n) is 7.13. The molecule has 102 valence electrons. The molecule has 0 saturated carbocycles. The third kappa shape index (κ3) is 5.65. The first-order valence-corrected chi connectivity index (χ1v) is 7.13. The van der Waals surface area contributed by atoms with E-state index in [-0.39, 0.29) is 0 Å². The van der Waals surface area contributed by atoms with Crippen molar-refractivity contribution in [3.8, 4) is 0 Å². The minimum atomic E-state index is 0.558. The van der Waals surface area contributed by atoms with Gasteiger partial charge in [0, 0.05) is 19.8 Å². The van der Waals surface area contributed by atoms with Crippen LogP contribution in [0.3, 0.4) is 0 Å². The van der Waals surface area contributed by atoms with Crippen LogP contribution in [0.2, 0.25) is 0 Å². The quantitative estimate of drug-likeness (QED) is 0.676. The van der Waals surface area contributed by atoms with Gasteiger partial charge in [-0.3, -0.25) is 0 Å². The molecule has 0 radical (unpaired) electrons. The normalized spacial score (nSPS) is 12.6. The highest BCUT2D eigenvalue weighted by atomic mass is 16.5. The molecule has 0 bridgehead atoms. The Bertz CT molecular complexity index is 315. The fraction of sp³-hybridized carbons (Fsp3) is 0.625. The summed E-state index contributed by atoms with van der Waals surface area (Å²) in [4.78, 5) is 0. The molecule has 0 saturated heterocycles. The zero-order valence-corrected chi connectivity index (χ0v) is 12.0. The molecule has 0 aliphatic rings. The van der Waals surface area contributed by atoms with Crippen LogP contribution in [0.25, 0.3) is 0 Å². The van der Waals surface area contributed by atoms with E-state index in [1.807, 2.05) is 0 Å². The Kier molecular flexibility index (Phi) is 7.70. The lowest BCUT2D eigenvalue weighted by Crippen LogP contribution is -2.23. The standard InChI is InChI=1S/C16H27NO/c1-4-10-17-13-16(9-11-18-5-2)15-8-6-7-14(3)12-15/h6-8,12,16-17H,4-5,9-11,13H2,1-3H3. The maximum atomic E-state index is 5.49. The fourth-order valence-corrected chi connectivity index (χ4v) is 2.13. The van der Waals surface area contributed by atoms with Gasteiger partial charge in [-0.15, -0.1) is 0 Å². The van der Waals surface area contributed by atoms with E-state index in [4.69, 9.17) is 4.74 Å². The van der Waals surface area contributed by atoms with Crippen molar-refractivity contribution < 1.29 is 4.74 Å². The van der Waals surface area contributed by atoms with Crippen LogP contribution in [-0.2, 0) is 4.74 Å². The monoisotopic (exact) mass is 249 g/mol. The summed E-state index contributed by atoms with van der Waals surface area (Å²) in [5.41, 5.74) is 2.77. The third-order valence-electron chi connectivity index (χ3n) is 3.15. The van der Waals surface area contributed by atoms with Gasteiger partial charge in [0.05, 0.1) is 0 Å². The lowest BCUT2D eigenvalue weighted by Gasteiger charge is -2.18. The van der Waals surface area contributed by atoms with Crippen LogP contribution in [0.15, 0.2) is 24.3 Å². The molecule has 2 heteroatoms. The molecule has 18 heavy (non-hydrogen) atoms. The summed E-state index contributed by atoms with van der Waals surface area (Å²) in [5, 5.41) is 3.52. The van der Waals surface area contributed by atoms with Crippen LogP contribution in [0, 0.1) is 6.92 Å². The van der Waals surface area contributed by atoms with E-state index in [0.717, 1.165) is 32.7 Å². The minimum Gasteiger partial charge on any atom is -0.382 e. The predicted molar refractivity (Wildman–Crippen MR) is 78.2 cm³/mol. The molecule has 0 fully saturated rings. The second-order valence-electron chi connectivity index (χ2n) is 4.80. The number of ether oxygens (including phenoxy) is 1. The number of aryl methyl sites for hydroxylation is 1. The van der Waals surface area contributed by atoms with Gasteiger partial charge in [-0.25, -0.2) is 0 Å². The SMILES string of the molecule is CCCNCC(CCOCC)c1cccc(C)c1. The van der Waals surface area contributed by atoms with Crippen molar-refractivity contribution >= 4 is 0 Å². The first-order chi connectivity index (χ1) is 8.77. The van der Waals surface area contributed by atoms with E-state index >= 15 is 0 Å². The Morgan fingerprint density at radius 2 is 2.11 bits per heavy atom. The van der Waals surface area contributed by atoms with Crippen molar-refractivity contribution in [3.63, 3.8) is 0 Å². The van der Waals surface area contributed by atoms with Crippen molar-refractivity contribution in [2.24, 2.45) is 0 Å². The van der Waals surface area contributed by atoms with Crippen molar-refractivity contribution in [1.29, 1.82) is 0 Å². The van der Waals surface area contributed by atoms with Crippen LogP contribution in [0.5, 0.6) is 0 Å². The summed E-state index contributed by atoms with van der Waals surface area (Å²) in [5.74, 6) is 0.558. The Morgan fingerprint density at radius 1 is 1.28 bits per heavy atom. The predicted octanol–water partition coefficient (Wildman–Crippen LogP) is 3.50. The smallest absolute Gasteiger partial charge is 0.0472 e. The molecule has 0 aromatic heterocycles. The molecule has 0 heterocycles. The molecule has 1 aromatic carbocycles. The molecule has 1 rings (SSSR count). The molecule has 0 amide bonds. The summed E-state index contributed by atoms with van der Waals surface area (Å²) in [6.45, 7) is 10.2. The molecule has 2 nitrogen and oxygen atoms in total. The van der Waals surface area contributed by atoms with E-state index in [9.17, 15) is 0 Å². The van der Waals surface area contributed by atoms with Gasteiger partial charge in [0.2, 0.25) is 0 Å². The molecular formula is C16H27NO. The molecule has 0 aliphatic carbocycles. The van der Waals surface area contributed by atoms with Gasteiger partial charge in [-0.05, 0) is 44.7 Å². The molecule has 1 aromatic rings. The lowest BCUT2D eigenvalue weighted by atomic mass is 9.94. The number of hydrogen-bond donors (Lipinski definition) is 1. The fourth-order valence-electron chi connectivity index (χ4n) is 2.13. The Balaban J connectivity index is 2.57. The van der Waals surface area contributed by atoms with Crippen LogP contribution < -0.4 is 5.32 Å². The highest BCUT2D eigenvalue weighted by molar-refractivity contribution is 5.25. The van der Waals surface area contributed by atoms with Crippen molar-refractivity contribution in [2.75, 3.05) is 26.3 Å². The second-order valence-corrected chi connectivity index (χ2v) is 4.80.